The largest absolute Gasteiger partial charge is 0.393 e. The number of aliphatic hydroxyl groups is 2. The van der Waals surface area contributed by atoms with Crippen molar-refractivity contribution < 1.29 is 10.2 Å². The van der Waals surface area contributed by atoms with Gasteiger partial charge in [-0.3, -0.25) is 0 Å². The second-order valence-corrected chi connectivity index (χ2v) is 15.4. The van der Waals surface area contributed by atoms with Gasteiger partial charge in [-0.25, -0.2) is 0 Å². The van der Waals surface area contributed by atoms with E-state index in [1.54, 1.807) is 0 Å². The molecule has 0 aliphatic heterocycles. The quantitative estimate of drug-likeness (QED) is 0.414. The van der Waals surface area contributed by atoms with Gasteiger partial charge in [0.25, 0.3) is 0 Å². The molecule has 2 heteroatoms. The van der Waals surface area contributed by atoms with Crippen molar-refractivity contribution in [2.45, 2.75) is 131 Å². The van der Waals surface area contributed by atoms with Gasteiger partial charge in [-0.05, 0) is 128 Å². The molecule has 184 valence electrons. The van der Waals surface area contributed by atoms with E-state index in [2.05, 4.69) is 55.4 Å². The van der Waals surface area contributed by atoms with E-state index in [0.717, 1.165) is 24.7 Å². The number of fused-ring (bicyclic) bond motifs is 7. The van der Waals surface area contributed by atoms with Gasteiger partial charge >= 0.3 is 0 Å². The van der Waals surface area contributed by atoms with E-state index in [1.165, 1.54) is 51.4 Å². The molecule has 5 fully saturated rings. The lowest BCUT2D eigenvalue weighted by atomic mass is 9.31. The second kappa shape index (κ2) is 6.77. The second-order valence-electron chi connectivity index (χ2n) is 15.4. The predicted molar refractivity (Wildman–Crippen MR) is 132 cm³/mol. The summed E-state index contributed by atoms with van der Waals surface area (Å²) in [6, 6.07) is 0. The van der Waals surface area contributed by atoms with E-state index >= 15 is 0 Å². The van der Waals surface area contributed by atoms with Crippen LogP contribution in [-0.2, 0) is 0 Å². The van der Waals surface area contributed by atoms with Gasteiger partial charge in [-0.15, -0.1) is 0 Å². The van der Waals surface area contributed by atoms with Gasteiger partial charge in [0.2, 0.25) is 0 Å². The van der Waals surface area contributed by atoms with E-state index in [9.17, 15) is 10.2 Å². The lowest BCUT2D eigenvalue weighted by molar-refractivity contribution is -0.264. The maximum atomic E-state index is 11.3. The van der Waals surface area contributed by atoms with Crippen molar-refractivity contribution in [3.8, 4) is 0 Å². The first kappa shape index (κ1) is 23.7. The Bertz CT molecular complexity index is 771. The van der Waals surface area contributed by atoms with Gasteiger partial charge in [-0.2, -0.15) is 0 Å². The summed E-state index contributed by atoms with van der Waals surface area (Å²) in [4.78, 5) is 0. The molecule has 2 nitrogen and oxygen atoms in total. The molecule has 0 amide bonds. The fraction of sp³-hybridized carbons (Fsp3) is 1.00. The SMILES string of the molecule is C[C@H]1[C@H]2[C@H]3CC[C@@H]4[C@@]5(C)CC[C@H](O)C(C)(C)[C@@H]5CC[C@@]4(C)[C@]3(C)CC[C@@]2(C)CCC1(C)O. The van der Waals surface area contributed by atoms with Crippen molar-refractivity contribution in [2.24, 2.45) is 56.7 Å². The van der Waals surface area contributed by atoms with Crippen molar-refractivity contribution >= 4 is 0 Å². The maximum absolute atomic E-state index is 11.3. The molecule has 11 atom stereocenters. The minimum absolute atomic E-state index is 0.0355. The monoisotopic (exact) mass is 444 g/mol. The van der Waals surface area contributed by atoms with Crippen molar-refractivity contribution in [1.82, 2.24) is 0 Å². The average molecular weight is 445 g/mol. The smallest absolute Gasteiger partial charge is 0.0648 e. The standard InChI is InChI=1S/C30H52O2/c1-19-24-20-9-10-22-27(5)13-12-23(31)25(2,3)21(27)11-14-29(22,7)28(20,6)17-15-26(24,4)16-18-30(19,8)32/h19-24,31-32H,9-18H2,1-8H3/t19-,20+,21-,22+,23-,24-,26-,27-,28+,29+,30?/m0/s1. The number of hydrogen-bond acceptors (Lipinski definition) is 2. The zero-order valence-electron chi connectivity index (χ0n) is 22.4. The highest BCUT2D eigenvalue weighted by molar-refractivity contribution is 5.19. The highest BCUT2D eigenvalue weighted by atomic mass is 16.3. The first-order chi connectivity index (χ1) is 14.6. The fourth-order valence-electron chi connectivity index (χ4n) is 11.6. The van der Waals surface area contributed by atoms with Crippen LogP contribution in [0.25, 0.3) is 0 Å². The van der Waals surface area contributed by atoms with Gasteiger partial charge in [0.05, 0.1) is 11.7 Å². The third-order valence-electron chi connectivity index (χ3n) is 14.1. The molecule has 0 bridgehead atoms. The Morgan fingerprint density at radius 3 is 2.00 bits per heavy atom. The van der Waals surface area contributed by atoms with Gasteiger partial charge in [0.15, 0.2) is 0 Å². The van der Waals surface area contributed by atoms with Crippen LogP contribution >= 0.6 is 0 Å². The van der Waals surface area contributed by atoms with Crippen LogP contribution in [0.2, 0.25) is 0 Å². The van der Waals surface area contributed by atoms with Gasteiger partial charge in [-0.1, -0.05) is 48.5 Å². The van der Waals surface area contributed by atoms with E-state index < -0.39 is 5.60 Å². The van der Waals surface area contributed by atoms with Crippen LogP contribution in [-0.4, -0.2) is 21.9 Å². The van der Waals surface area contributed by atoms with Crippen molar-refractivity contribution in [1.29, 1.82) is 0 Å². The molecule has 2 N–H and O–H groups in total. The lowest BCUT2D eigenvalue weighted by Gasteiger charge is -2.74. The molecule has 0 aromatic rings. The zero-order chi connectivity index (χ0) is 23.5. The minimum Gasteiger partial charge on any atom is -0.393 e. The summed E-state index contributed by atoms with van der Waals surface area (Å²) >= 11 is 0. The first-order valence-electron chi connectivity index (χ1n) is 14.0. The summed E-state index contributed by atoms with van der Waals surface area (Å²) in [5, 5.41) is 22.2. The van der Waals surface area contributed by atoms with Crippen molar-refractivity contribution in [2.75, 3.05) is 0 Å². The summed E-state index contributed by atoms with van der Waals surface area (Å²) in [5.74, 6) is 3.19. The number of aliphatic hydroxyl groups excluding tert-OH is 1. The van der Waals surface area contributed by atoms with E-state index in [1.807, 2.05) is 0 Å². The molecule has 0 saturated heterocycles. The van der Waals surface area contributed by atoms with Crippen LogP contribution in [0.3, 0.4) is 0 Å². The van der Waals surface area contributed by atoms with Crippen LogP contribution < -0.4 is 0 Å². The molecule has 0 heterocycles. The Balaban J connectivity index is 1.54. The molecule has 1 unspecified atom stereocenters. The zero-order valence-corrected chi connectivity index (χ0v) is 22.4. The van der Waals surface area contributed by atoms with Crippen molar-refractivity contribution in [3.63, 3.8) is 0 Å². The van der Waals surface area contributed by atoms with Crippen LogP contribution in [0.5, 0.6) is 0 Å². The molecule has 0 radical (unpaired) electrons. The Hall–Kier alpha value is -0.0800. The predicted octanol–water partition coefficient (Wildman–Crippen LogP) is 7.22. The molecular weight excluding hydrogens is 392 g/mol. The van der Waals surface area contributed by atoms with Gasteiger partial charge in [0, 0.05) is 0 Å². The van der Waals surface area contributed by atoms with Gasteiger partial charge in [0.1, 0.15) is 0 Å². The molecule has 5 saturated carbocycles. The Morgan fingerprint density at radius 2 is 1.31 bits per heavy atom. The summed E-state index contributed by atoms with van der Waals surface area (Å²) in [5.41, 5.74) is 1.04. The molecule has 5 rings (SSSR count). The van der Waals surface area contributed by atoms with Gasteiger partial charge < -0.3 is 10.2 Å². The summed E-state index contributed by atoms with van der Waals surface area (Å²) in [7, 11) is 0. The normalized spacial score (nSPS) is 61.7. The van der Waals surface area contributed by atoms with E-state index in [4.69, 9.17) is 0 Å². The molecule has 5 aliphatic carbocycles. The van der Waals surface area contributed by atoms with Crippen LogP contribution in [0, 0.1) is 56.7 Å². The topological polar surface area (TPSA) is 40.5 Å². The highest BCUT2D eigenvalue weighted by Gasteiger charge is 2.70. The highest BCUT2D eigenvalue weighted by Crippen LogP contribution is 2.77. The van der Waals surface area contributed by atoms with E-state index in [-0.39, 0.29) is 11.5 Å². The summed E-state index contributed by atoms with van der Waals surface area (Å²) in [6.07, 6.45) is 12.3. The Morgan fingerprint density at radius 1 is 0.656 bits per heavy atom. The molecular formula is C30H52O2. The molecule has 0 aromatic carbocycles. The molecule has 5 aliphatic rings. The number of hydrogen-bond donors (Lipinski definition) is 2. The maximum Gasteiger partial charge on any atom is 0.0648 e. The average Bonchev–Trinajstić information content (AvgIpc) is 2.70. The van der Waals surface area contributed by atoms with E-state index in [0.29, 0.717) is 39.4 Å². The molecule has 0 aromatic heterocycles. The van der Waals surface area contributed by atoms with Crippen LogP contribution in [0.1, 0.15) is 120 Å². The lowest BCUT2D eigenvalue weighted by Crippen LogP contribution is -2.68. The Labute approximate surface area is 198 Å². The van der Waals surface area contributed by atoms with Crippen molar-refractivity contribution in [3.05, 3.63) is 0 Å². The summed E-state index contributed by atoms with van der Waals surface area (Å²) in [6.45, 7) is 19.8. The Kier molecular flexibility index (Phi) is 5.01. The third-order valence-corrected chi connectivity index (χ3v) is 14.1. The van der Waals surface area contributed by atoms with Crippen LogP contribution in [0.15, 0.2) is 0 Å². The molecule has 32 heavy (non-hydrogen) atoms. The minimum atomic E-state index is -0.507. The summed E-state index contributed by atoms with van der Waals surface area (Å²) < 4.78 is 0. The first-order valence-corrected chi connectivity index (χ1v) is 14.0. The third kappa shape index (κ3) is 2.72. The molecule has 0 spiro atoms. The number of rotatable bonds is 0. The fourth-order valence-corrected chi connectivity index (χ4v) is 11.6. The van der Waals surface area contributed by atoms with Crippen LogP contribution in [0.4, 0.5) is 0 Å².